The highest BCUT2D eigenvalue weighted by Crippen LogP contribution is 2.40. The molecular formula is C40H26N2. The van der Waals surface area contributed by atoms with E-state index in [1.54, 1.807) is 0 Å². The highest BCUT2D eigenvalue weighted by molar-refractivity contribution is 6.16. The maximum absolute atomic E-state index is 5.28. The van der Waals surface area contributed by atoms with Crippen LogP contribution in [-0.4, -0.2) is 9.97 Å². The van der Waals surface area contributed by atoms with Crippen molar-refractivity contribution in [1.82, 2.24) is 9.97 Å². The van der Waals surface area contributed by atoms with Gasteiger partial charge in [0, 0.05) is 33.5 Å². The third kappa shape index (κ3) is 4.22. The third-order valence-electron chi connectivity index (χ3n) is 8.09. The Balaban J connectivity index is 1.36. The maximum atomic E-state index is 5.28. The minimum absolute atomic E-state index is 0.971. The van der Waals surface area contributed by atoms with Gasteiger partial charge in [-0.15, -0.1) is 0 Å². The summed E-state index contributed by atoms with van der Waals surface area (Å²) in [5, 5.41) is 4.66. The molecule has 8 aromatic rings. The number of nitrogens with zero attached hydrogens (tertiary/aromatic N) is 2. The molecule has 0 saturated carbocycles. The van der Waals surface area contributed by atoms with Crippen LogP contribution in [0, 0.1) is 0 Å². The lowest BCUT2D eigenvalue weighted by molar-refractivity contribution is 1.40. The number of fused-ring (bicyclic) bond motifs is 4. The van der Waals surface area contributed by atoms with Gasteiger partial charge < -0.3 is 0 Å². The molecule has 0 aliphatic carbocycles. The van der Waals surface area contributed by atoms with Crippen molar-refractivity contribution in [3.63, 3.8) is 0 Å². The van der Waals surface area contributed by atoms with E-state index in [2.05, 4.69) is 145 Å². The molecule has 0 saturated heterocycles. The van der Waals surface area contributed by atoms with Crippen LogP contribution in [0.5, 0.6) is 0 Å². The van der Waals surface area contributed by atoms with Crippen molar-refractivity contribution in [3.8, 4) is 44.6 Å². The fraction of sp³-hybridized carbons (Fsp3) is 0. The van der Waals surface area contributed by atoms with Crippen LogP contribution in [0.2, 0.25) is 0 Å². The van der Waals surface area contributed by atoms with Crippen molar-refractivity contribution in [2.45, 2.75) is 0 Å². The average molecular weight is 535 g/mol. The van der Waals surface area contributed by atoms with Crippen molar-refractivity contribution in [1.29, 1.82) is 0 Å². The zero-order valence-corrected chi connectivity index (χ0v) is 22.9. The summed E-state index contributed by atoms with van der Waals surface area (Å²) in [5.74, 6) is 0. The van der Waals surface area contributed by atoms with Gasteiger partial charge in [0.2, 0.25) is 0 Å². The summed E-state index contributed by atoms with van der Waals surface area (Å²) in [6.07, 6.45) is 1.96. The normalized spacial score (nSPS) is 11.3. The number of pyridine rings is 2. The van der Waals surface area contributed by atoms with E-state index < -0.39 is 0 Å². The van der Waals surface area contributed by atoms with Gasteiger partial charge in [0.15, 0.2) is 0 Å². The lowest BCUT2D eigenvalue weighted by atomic mass is 9.90. The number of hydrogen-bond donors (Lipinski definition) is 0. The van der Waals surface area contributed by atoms with Gasteiger partial charge in [-0.25, -0.2) is 4.98 Å². The van der Waals surface area contributed by atoms with E-state index in [9.17, 15) is 0 Å². The van der Waals surface area contributed by atoms with Gasteiger partial charge in [-0.3, -0.25) is 4.98 Å². The monoisotopic (exact) mass is 534 g/mol. The molecule has 0 bridgehead atoms. The second-order valence-corrected chi connectivity index (χ2v) is 10.6. The molecule has 0 fully saturated rings. The Hall–Kier alpha value is -5.60. The average Bonchev–Trinajstić information content (AvgIpc) is 3.08. The zero-order valence-electron chi connectivity index (χ0n) is 22.9. The fourth-order valence-electron chi connectivity index (χ4n) is 5.98. The summed E-state index contributed by atoms with van der Waals surface area (Å²) in [4.78, 5) is 9.96. The Kier molecular flexibility index (Phi) is 5.82. The van der Waals surface area contributed by atoms with E-state index >= 15 is 0 Å². The predicted molar refractivity (Wildman–Crippen MR) is 176 cm³/mol. The third-order valence-corrected chi connectivity index (χ3v) is 8.09. The van der Waals surface area contributed by atoms with E-state index in [1.165, 1.54) is 22.1 Å². The van der Waals surface area contributed by atoms with E-state index in [-0.39, 0.29) is 0 Å². The molecule has 0 unspecified atom stereocenters. The molecule has 196 valence electrons. The molecule has 0 spiro atoms. The van der Waals surface area contributed by atoms with Gasteiger partial charge in [-0.2, -0.15) is 0 Å². The van der Waals surface area contributed by atoms with Gasteiger partial charge in [0.1, 0.15) is 0 Å². The topological polar surface area (TPSA) is 25.8 Å². The fourth-order valence-corrected chi connectivity index (χ4v) is 5.98. The van der Waals surface area contributed by atoms with E-state index in [4.69, 9.17) is 4.98 Å². The first-order valence-corrected chi connectivity index (χ1v) is 14.2. The number of para-hydroxylation sites is 1. The molecule has 0 N–H and O–H groups in total. The number of rotatable bonds is 4. The van der Waals surface area contributed by atoms with Crippen LogP contribution in [-0.2, 0) is 0 Å². The highest BCUT2D eigenvalue weighted by atomic mass is 14.7. The van der Waals surface area contributed by atoms with Crippen LogP contribution in [0.4, 0.5) is 0 Å². The molecule has 8 rings (SSSR count). The molecule has 0 aliphatic rings. The summed E-state index contributed by atoms with van der Waals surface area (Å²) in [6, 6.07) is 53.6. The molecule has 2 nitrogen and oxygen atoms in total. The molecule has 0 amide bonds. The molecule has 0 radical (unpaired) electrons. The van der Waals surface area contributed by atoms with Gasteiger partial charge in [-0.05, 0) is 57.5 Å². The Morgan fingerprint density at radius 3 is 1.76 bits per heavy atom. The number of hydrogen-bond acceptors (Lipinski definition) is 2. The smallest absolute Gasteiger partial charge is 0.0794 e. The summed E-state index contributed by atoms with van der Waals surface area (Å²) < 4.78 is 0. The quantitative estimate of drug-likeness (QED) is 0.210. The molecule has 42 heavy (non-hydrogen) atoms. The van der Waals surface area contributed by atoms with Crippen LogP contribution in [0.3, 0.4) is 0 Å². The van der Waals surface area contributed by atoms with E-state index in [0.717, 1.165) is 55.1 Å². The first-order chi connectivity index (χ1) is 20.8. The van der Waals surface area contributed by atoms with Crippen molar-refractivity contribution in [2.75, 3.05) is 0 Å². The summed E-state index contributed by atoms with van der Waals surface area (Å²) in [6.45, 7) is 0. The Labute approximate surface area is 244 Å². The molecule has 2 aromatic heterocycles. The van der Waals surface area contributed by atoms with Crippen LogP contribution < -0.4 is 0 Å². The van der Waals surface area contributed by atoms with Gasteiger partial charge in [0.25, 0.3) is 0 Å². The lowest BCUT2D eigenvalue weighted by Crippen LogP contribution is -1.93. The summed E-state index contributed by atoms with van der Waals surface area (Å²) in [7, 11) is 0. The molecular weight excluding hydrogens is 508 g/mol. The number of aromatic nitrogens is 2. The van der Waals surface area contributed by atoms with Gasteiger partial charge >= 0.3 is 0 Å². The minimum atomic E-state index is 0.971. The molecule has 2 heterocycles. The van der Waals surface area contributed by atoms with Gasteiger partial charge in [0.05, 0.1) is 16.7 Å². The maximum Gasteiger partial charge on any atom is 0.0794 e. The van der Waals surface area contributed by atoms with Crippen molar-refractivity contribution >= 4 is 32.6 Å². The SMILES string of the molecule is c1ccc(-c2cc(-c3ccc(-c4cnc5ccccc5c4)cc3)c3cc(-c4ccccc4)c4ccccc4c3n2)cc1. The standard InChI is InChI=1S/C40H26N2/c1-3-11-28(12-4-1)35-24-37-36(29-21-19-27(20-22-29)32-23-31-15-7-10-18-38(31)41-26-32)25-39(30-13-5-2-6-14-30)42-40(37)34-17-9-8-16-33(34)35/h1-26H. The van der Waals surface area contributed by atoms with Crippen molar-refractivity contribution in [3.05, 3.63) is 158 Å². The molecule has 2 heteroatoms. The largest absolute Gasteiger partial charge is 0.256 e. The first-order valence-electron chi connectivity index (χ1n) is 14.2. The van der Waals surface area contributed by atoms with Crippen LogP contribution >= 0.6 is 0 Å². The van der Waals surface area contributed by atoms with Gasteiger partial charge in [-0.1, -0.05) is 127 Å². The summed E-state index contributed by atoms with van der Waals surface area (Å²) in [5.41, 5.74) is 11.1. The van der Waals surface area contributed by atoms with Crippen LogP contribution in [0.1, 0.15) is 0 Å². The zero-order chi connectivity index (χ0) is 27.9. The second-order valence-electron chi connectivity index (χ2n) is 10.6. The van der Waals surface area contributed by atoms with Crippen molar-refractivity contribution in [2.24, 2.45) is 0 Å². The van der Waals surface area contributed by atoms with Crippen molar-refractivity contribution < 1.29 is 0 Å². The lowest BCUT2D eigenvalue weighted by Gasteiger charge is -2.16. The highest BCUT2D eigenvalue weighted by Gasteiger charge is 2.16. The molecule has 0 aliphatic heterocycles. The minimum Gasteiger partial charge on any atom is -0.256 e. The predicted octanol–water partition coefficient (Wildman–Crippen LogP) is 10.6. The van der Waals surface area contributed by atoms with E-state index in [0.29, 0.717) is 0 Å². The van der Waals surface area contributed by atoms with Crippen LogP contribution in [0.15, 0.2) is 158 Å². The second kappa shape index (κ2) is 10.1. The Bertz CT molecular complexity index is 2220. The Morgan fingerprint density at radius 2 is 0.976 bits per heavy atom. The summed E-state index contributed by atoms with van der Waals surface area (Å²) >= 11 is 0. The molecule has 6 aromatic carbocycles. The Morgan fingerprint density at radius 1 is 0.381 bits per heavy atom. The first kappa shape index (κ1) is 24.2. The van der Waals surface area contributed by atoms with Crippen LogP contribution in [0.25, 0.3) is 77.2 Å². The number of benzene rings is 6. The molecule has 0 atom stereocenters. The van der Waals surface area contributed by atoms with E-state index in [1.807, 2.05) is 18.3 Å².